The topological polar surface area (TPSA) is 26.0 Å². The van der Waals surface area contributed by atoms with Crippen LogP contribution in [0.3, 0.4) is 0 Å². The Balaban J connectivity index is 2.19. The largest absolute Gasteiger partial charge is 0.323 e. The minimum Gasteiger partial charge on any atom is -0.323 e. The van der Waals surface area contributed by atoms with Gasteiger partial charge in [0, 0.05) is 10.9 Å². The lowest BCUT2D eigenvalue weighted by Gasteiger charge is -2.10. The third-order valence-electron chi connectivity index (χ3n) is 2.86. The van der Waals surface area contributed by atoms with Crippen LogP contribution in [0.1, 0.15) is 61.9 Å². The van der Waals surface area contributed by atoms with Crippen LogP contribution in [0.2, 0.25) is 0 Å². The van der Waals surface area contributed by atoms with Crippen LogP contribution in [0.4, 0.5) is 0 Å². The molecule has 0 bridgehead atoms. The van der Waals surface area contributed by atoms with Gasteiger partial charge in [-0.2, -0.15) is 0 Å². The van der Waals surface area contributed by atoms with Crippen molar-refractivity contribution in [3.8, 4) is 0 Å². The summed E-state index contributed by atoms with van der Waals surface area (Å²) in [5.41, 5.74) is 7.53. The average Bonchev–Trinajstić information content (AvgIpc) is 2.64. The third-order valence-corrected chi connectivity index (χ3v) is 4.01. The first kappa shape index (κ1) is 12.7. The lowest BCUT2D eigenvalue weighted by atomic mass is 10.0. The van der Waals surface area contributed by atoms with Crippen LogP contribution < -0.4 is 5.73 Å². The second kappa shape index (κ2) is 7.02. The molecule has 2 heteroatoms. The van der Waals surface area contributed by atoms with E-state index in [1.165, 1.54) is 42.5 Å². The Bertz CT molecular complexity index is 267. The van der Waals surface area contributed by atoms with Crippen molar-refractivity contribution >= 4 is 11.3 Å². The lowest BCUT2D eigenvalue weighted by molar-refractivity contribution is 0.558. The molecule has 0 saturated heterocycles. The van der Waals surface area contributed by atoms with Crippen LogP contribution in [-0.4, -0.2) is 0 Å². The molecule has 0 fully saturated rings. The molecule has 2 N–H and O–H groups in total. The van der Waals surface area contributed by atoms with Gasteiger partial charge in [-0.05, 0) is 30.4 Å². The van der Waals surface area contributed by atoms with E-state index in [0.717, 1.165) is 6.42 Å². The fraction of sp³-hybridized carbons (Fsp3) is 0.692. The second-order valence-electron chi connectivity index (χ2n) is 4.28. The van der Waals surface area contributed by atoms with Gasteiger partial charge < -0.3 is 5.73 Å². The molecule has 0 aliphatic carbocycles. The Hall–Kier alpha value is -0.340. The molecule has 0 aliphatic heterocycles. The van der Waals surface area contributed by atoms with Crippen molar-refractivity contribution in [2.75, 3.05) is 0 Å². The smallest absolute Gasteiger partial charge is 0.0392 e. The Morgan fingerprint density at radius 2 is 2.00 bits per heavy atom. The summed E-state index contributed by atoms with van der Waals surface area (Å²) in [6.07, 6.45) is 7.81. The molecule has 0 amide bonds. The van der Waals surface area contributed by atoms with Crippen molar-refractivity contribution in [1.82, 2.24) is 0 Å². The van der Waals surface area contributed by atoms with Gasteiger partial charge >= 0.3 is 0 Å². The number of hydrogen-bond acceptors (Lipinski definition) is 2. The van der Waals surface area contributed by atoms with Gasteiger partial charge in [0.1, 0.15) is 0 Å². The SMILES string of the molecule is CCCCCCCC(N)c1sccc1C. The number of thiophene rings is 1. The second-order valence-corrected chi connectivity index (χ2v) is 5.22. The standard InChI is InChI=1S/C13H23NS/c1-3-4-5-6-7-8-12(14)13-11(2)9-10-15-13/h9-10,12H,3-8,14H2,1-2H3. The molecule has 86 valence electrons. The van der Waals surface area contributed by atoms with Crippen LogP contribution in [0.5, 0.6) is 0 Å². The van der Waals surface area contributed by atoms with E-state index in [9.17, 15) is 0 Å². The minimum absolute atomic E-state index is 0.270. The van der Waals surface area contributed by atoms with E-state index in [4.69, 9.17) is 5.73 Å². The average molecular weight is 225 g/mol. The Labute approximate surface area is 97.7 Å². The van der Waals surface area contributed by atoms with Crippen molar-refractivity contribution in [1.29, 1.82) is 0 Å². The van der Waals surface area contributed by atoms with Gasteiger partial charge in [0.2, 0.25) is 0 Å². The Kier molecular flexibility index (Phi) is 5.96. The van der Waals surface area contributed by atoms with Gasteiger partial charge in [0.15, 0.2) is 0 Å². The molecule has 1 unspecified atom stereocenters. The summed E-state index contributed by atoms with van der Waals surface area (Å²) in [4.78, 5) is 1.38. The normalized spacial score (nSPS) is 13.0. The predicted molar refractivity (Wildman–Crippen MR) is 69.4 cm³/mol. The van der Waals surface area contributed by atoms with Crippen molar-refractivity contribution in [2.45, 2.75) is 58.4 Å². The van der Waals surface area contributed by atoms with Crippen LogP contribution in [0, 0.1) is 6.92 Å². The minimum atomic E-state index is 0.270. The summed E-state index contributed by atoms with van der Waals surface area (Å²) in [6, 6.07) is 2.43. The van der Waals surface area contributed by atoms with E-state index in [1.54, 1.807) is 11.3 Å². The molecule has 0 spiro atoms. The summed E-state index contributed by atoms with van der Waals surface area (Å²) in [5.74, 6) is 0. The molecular formula is C13H23NS. The zero-order valence-corrected chi connectivity index (χ0v) is 10.8. The molecule has 1 aromatic heterocycles. The summed E-state index contributed by atoms with van der Waals surface area (Å²) in [7, 11) is 0. The maximum atomic E-state index is 6.17. The van der Waals surface area contributed by atoms with E-state index in [0.29, 0.717) is 0 Å². The van der Waals surface area contributed by atoms with Gasteiger partial charge in [0.05, 0.1) is 0 Å². The number of aryl methyl sites for hydroxylation is 1. The van der Waals surface area contributed by atoms with Crippen molar-refractivity contribution in [3.05, 3.63) is 21.9 Å². The predicted octanol–water partition coefficient (Wildman–Crippen LogP) is 4.42. The molecule has 1 heterocycles. The molecule has 1 aromatic rings. The van der Waals surface area contributed by atoms with Crippen molar-refractivity contribution in [2.24, 2.45) is 5.73 Å². The van der Waals surface area contributed by atoms with E-state index in [-0.39, 0.29) is 6.04 Å². The zero-order chi connectivity index (χ0) is 11.1. The van der Waals surface area contributed by atoms with Gasteiger partial charge in [-0.1, -0.05) is 39.0 Å². The van der Waals surface area contributed by atoms with Crippen molar-refractivity contribution < 1.29 is 0 Å². The first-order valence-corrected chi connectivity index (χ1v) is 6.93. The van der Waals surface area contributed by atoms with E-state index in [2.05, 4.69) is 25.3 Å². The van der Waals surface area contributed by atoms with E-state index in [1.807, 2.05) is 0 Å². The van der Waals surface area contributed by atoms with Crippen LogP contribution >= 0.6 is 11.3 Å². The number of hydrogen-bond donors (Lipinski definition) is 1. The molecule has 0 aromatic carbocycles. The summed E-state index contributed by atoms with van der Waals surface area (Å²) in [6.45, 7) is 4.41. The highest BCUT2D eigenvalue weighted by atomic mass is 32.1. The molecule has 0 aliphatic rings. The first-order chi connectivity index (χ1) is 7.25. The van der Waals surface area contributed by atoms with Crippen LogP contribution in [-0.2, 0) is 0 Å². The highest BCUT2D eigenvalue weighted by Crippen LogP contribution is 2.25. The van der Waals surface area contributed by atoms with Crippen LogP contribution in [0.25, 0.3) is 0 Å². The zero-order valence-electron chi connectivity index (χ0n) is 9.96. The third kappa shape index (κ3) is 4.35. The van der Waals surface area contributed by atoms with E-state index >= 15 is 0 Å². The monoisotopic (exact) mass is 225 g/mol. The highest BCUT2D eigenvalue weighted by Gasteiger charge is 2.09. The summed E-state index contributed by atoms with van der Waals surface area (Å²) in [5, 5.41) is 2.14. The van der Waals surface area contributed by atoms with Gasteiger partial charge in [-0.15, -0.1) is 11.3 Å². The van der Waals surface area contributed by atoms with Gasteiger partial charge in [0.25, 0.3) is 0 Å². The highest BCUT2D eigenvalue weighted by molar-refractivity contribution is 7.10. The number of nitrogens with two attached hydrogens (primary N) is 1. The molecular weight excluding hydrogens is 202 g/mol. The quantitative estimate of drug-likeness (QED) is 0.683. The van der Waals surface area contributed by atoms with Crippen LogP contribution in [0.15, 0.2) is 11.4 Å². The lowest BCUT2D eigenvalue weighted by Crippen LogP contribution is -2.09. The maximum Gasteiger partial charge on any atom is 0.0392 e. The molecule has 1 rings (SSSR count). The van der Waals surface area contributed by atoms with E-state index < -0.39 is 0 Å². The molecule has 15 heavy (non-hydrogen) atoms. The Morgan fingerprint density at radius 1 is 1.27 bits per heavy atom. The Morgan fingerprint density at radius 3 is 2.60 bits per heavy atom. The van der Waals surface area contributed by atoms with Crippen molar-refractivity contribution in [3.63, 3.8) is 0 Å². The number of rotatable bonds is 7. The van der Waals surface area contributed by atoms with Gasteiger partial charge in [-0.3, -0.25) is 0 Å². The molecule has 0 saturated carbocycles. The van der Waals surface area contributed by atoms with Gasteiger partial charge in [-0.25, -0.2) is 0 Å². The first-order valence-electron chi connectivity index (χ1n) is 6.05. The summed E-state index contributed by atoms with van der Waals surface area (Å²) < 4.78 is 0. The molecule has 0 radical (unpaired) electrons. The fourth-order valence-electron chi connectivity index (χ4n) is 1.86. The fourth-order valence-corrected chi connectivity index (χ4v) is 2.83. The maximum absolute atomic E-state index is 6.17. The molecule has 1 nitrogen and oxygen atoms in total. The summed E-state index contributed by atoms with van der Waals surface area (Å²) >= 11 is 1.80. The number of unbranched alkanes of at least 4 members (excludes halogenated alkanes) is 4. The molecule has 1 atom stereocenters.